The van der Waals surface area contributed by atoms with E-state index in [0.29, 0.717) is 11.3 Å². The SMILES string of the molecule is C[C@H]1COCCN1c1nc(Cl)nc2c1CN(C)C2. The summed E-state index contributed by atoms with van der Waals surface area (Å²) in [6.45, 7) is 6.25. The number of anilines is 1. The van der Waals surface area contributed by atoms with Crippen LogP contribution in [-0.4, -0.2) is 47.7 Å². The molecule has 0 N–H and O–H groups in total. The van der Waals surface area contributed by atoms with Crippen LogP contribution in [-0.2, 0) is 17.8 Å². The van der Waals surface area contributed by atoms with Crippen LogP contribution in [0.15, 0.2) is 0 Å². The molecule has 2 aliphatic rings. The van der Waals surface area contributed by atoms with Gasteiger partial charge in [0.05, 0.1) is 24.9 Å². The maximum atomic E-state index is 6.04. The molecule has 3 heterocycles. The first-order chi connectivity index (χ1) is 8.65. The molecule has 5 nitrogen and oxygen atoms in total. The zero-order valence-electron chi connectivity index (χ0n) is 10.7. The molecule has 3 rings (SSSR count). The normalized spacial score (nSPS) is 24.4. The molecule has 6 heteroatoms. The van der Waals surface area contributed by atoms with Gasteiger partial charge >= 0.3 is 0 Å². The quantitative estimate of drug-likeness (QED) is 0.718. The second kappa shape index (κ2) is 4.64. The average Bonchev–Trinajstić information content (AvgIpc) is 2.69. The summed E-state index contributed by atoms with van der Waals surface area (Å²) in [5.41, 5.74) is 2.28. The van der Waals surface area contributed by atoms with Crippen LogP contribution in [0.1, 0.15) is 18.2 Å². The van der Waals surface area contributed by atoms with E-state index in [1.54, 1.807) is 0 Å². The first-order valence-electron chi connectivity index (χ1n) is 6.23. The van der Waals surface area contributed by atoms with E-state index in [9.17, 15) is 0 Å². The number of ether oxygens (including phenoxy) is 1. The summed E-state index contributed by atoms with van der Waals surface area (Å²) in [7, 11) is 2.09. The standard InChI is InChI=1S/C12H17ClN4O/c1-8-7-18-4-3-17(8)11-9-5-16(2)6-10(9)14-12(13)15-11/h8H,3-7H2,1-2H3/t8-/m0/s1. The highest BCUT2D eigenvalue weighted by atomic mass is 35.5. The van der Waals surface area contributed by atoms with E-state index in [2.05, 4.69) is 33.7 Å². The van der Waals surface area contributed by atoms with Crippen molar-refractivity contribution in [2.45, 2.75) is 26.1 Å². The molecular formula is C12H17ClN4O. The minimum atomic E-state index is 0.333. The predicted octanol–water partition coefficient (Wildman–Crippen LogP) is 1.30. The second-order valence-corrected chi connectivity index (χ2v) is 5.37. The molecule has 1 fully saturated rings. The monoisotopic (exact) mass is 268 g/mol. The summed E-state index contributed by atoms with van der Waals surface area (Å²) in [6, 6.07) is 0.333. The highest BCUT2D eigenvalue weighted by Crippen LogP contribution is 2.31. The van der Waals surface area contributed by atoms with Gasteiger partial charge in [0.1, 0.15) is 5.82 Å². The van der Waals surface area contributed by atoms with Crippen LogP contribution in [0, 0.1) is 0 Å². The van der Waals surface area contributed by atoms with Gasteiger partial charge in [0, 0.05) is 25.2 Å². The van der Waals surface area contributed by atoms with Gasteiger partial charge in [0.25, 0.3) is 0 Å². The molecule has 2 aliphatic heterocycles. The number of rotatable bonds is 1. The fourth-order valence-electron chi connectivity index (χ4n) is 2.64. The summed E-state index contributed by atoms with van der Waals surface area (Å²) in [5, 5.41) is 0.345. The Labute approximate surface area is 112 Å². The molecule has 0 radical (unpaired) electrons. The number of fused-ring (bicyclic) bond motifs is 1. The van der Waals surface area contributed by atoms with Gasteiger partial charge in [-0.05, 0) is 25.6 Å². The predicted molar refractivity (Wildman–Crippen MR) is 69.8 cm³/mol. The van der Waals surface area contributed by atoms with Gasteiger partial charge in [-0.2, -0.15) is 0 Å². The van der Waals surface area contributed by atoms with Crippen LogP contribution in [0.5, 0.6) is 0 Å². The minimum absolute atomic E-state index is 0.333. The topological polar surface area (TPSA) is 41.5 Å². The van der Waals surface area contributed by atoms with Crippen molar-refractivity contribution in [3.63, 3.8) is 0 Å². The van der Waals surface area contributed by atoms with Crippen molar-refractivity contribution in [3.05, 3.63) is 16.5 Å². The van der Waals surface area contributed by atoms with E-state index in [1.807, 2.05) is 0 Å². The maximum Gasteiger partial charge on any atom is 0.224 e. The summed E-state index contributed by atoms with van der Waals surface area (Å²) in [4.78, 5) is 13.3. The molecular weight excluding hydrogens is 252 g/mol. The first-order valence-corrected chi connectivity index (χ1v) is 6.61. The second-order valence-electron chi connectivity index (χ2n) is 5.03. The van der Waals surface area contributed by atoms with Crippen molar-refractivity contribution in [1.29, 1.82) is 0 Å². The van der Waals surface area contributed by atoms with E-state index in [1.165, 1.54) is 5.56 Å². The number of hydrogen-bond acceptors (Lipinski definition) is 5. The lowest BCUT2D eigenvalue weighted by Crippen LogP contribution is -2.44. The third-order valence-electron chi connectivity index (χ3n) is 3.53. The highest BCUT2D eigenvalue weighted by Gasteiger charge is 2.28. The van der Waals surface area contributed by atoms with E-state index < -0.39 is 0 Å². The Morgan fingerprint density at radius 2 is 2.17 bits per heavy atom. The number of nitrogens with zero attached hydrogens (tertiary/aromatic N) is 4. The van der Waals surface area contributed by atoms with Crippen LogP contribution in [0.2, 0.25) is 5.28 Å². The Balaban J connectivity index is 2.01. The number of morpholine rings is 1. The zero-order valence-corrected chi connectivity index (χ0v) is 11.4. The third kappa shape index (κ3) is 2.06. The maximum absolute atomic E-state index is 6.04. The van der Waals surface area contributed by atoms with E-state index in [-0.39, 0.29) is 0 Å². The van der Waals surface area contributed by atoms with Crippen LogP contribution >= 0.6 is 11.6 Å². The first kappa shape index (κ1) is 12.1. The molecule has 0 saturated carbocycles. The van der Waals surface area contributed by atoms with Gasteiger partial charge in [-0.15, -0.1) is 0 Å². The Morgan fingerprint density at radius 1 is 1.33 bits per heavy atom. The summed E-state index contributed by atoms with van der Waals surface area (Å²) in [6.07, 6.45) is 0. The zero-order chi connectivity index (χ0) is 12.7. The Hall–Kier alpha value is -0.910. The fourth-order valence-corrected chi connectivity index (χ4v) is 2.82. The van der Waals surface area contributed by atoms with Crippen molar-refractivity contribution >= 4 is 17.4 Å². The molecule has 0 aliphatic carbocycles. The van der Waals surface area contributed by atoms with Crippen molar-refractivity contribution < 1.29 is 4.74 Å². The average molecular weight is 269 g/mol. The lowest BCUT2D eigenvalue weighted by atomic mass is 10.2. The smallest absolute Gasteiger partial charge is 0.224 e. The molecule has 0 spiro atoms. The molecule has 0 amide bonds. The Morgan fingerprint density at radius 3 is 2.94 bits per heavy atom. The van der Waals surface area contributed by atoms with Crippen LogP contribution in [0.4, 0.5) is 5.82 Å². The molecule has 1 atom stereocenters. The molecule has 1 aromatic heterocycles. The van der Waals surface area contributed by atoms with Crippen LogP contribution < -0.4 is 4.90 Å². The Kier molecular flexibility index (Phi) is 3.13. The molecule has 98 valence electrons. The van der Waals surface area contributed by atoms with E-state index in [0.717, 1.165) is 44.4 Å². The van der Waals surface area contributed by atoms with E-state index in [4.69, 9.17) is 16.3 Å². The van der Waals surface area contributed by atoms with Crippen molar-refractivity contribution in [1.82, 2.24) is 14.9 Å². The third-order valence-corrected chi connectivity index (χ3v) is 3.70. The van der Waals surface area contributed by atoms with Crippen LogP contribution in [0.3, 0.4) is 0 Å². The molecule has 0 unspecified atom stereocenters. The molecule has 1 saturated heterocycles. The summed E-state index contributed by atoms with van der Waals surface area (Å²) >= 11 is 6.04. The lowest BCUT2D eigenvalue weighted by Gasteiger charge is -2.35. The van der Waals surface area contributed by atoms with Gasteiger partial charge in [0.2, 0.25) is 5.28 Å². The van der Waals surface area contributed by atoms with Crippen molar-refractivity contribution in [3.8, 4) is 0 Å². The number of halogens is 1. The molecule has 18 heavy (non-hydrogen) atoms. The van der Waals surface area contributed by atoms with Gasteiger partial charge in [-0.3, -0.25) is 4.90 Å². The highest BCUT2D eigenvalue weighted by molar-refractivity contribution is 6.28. The van der Waals surface area contributed by atoms with Gasteiger partial charge in [-0.25, -0.2) is 9.97 Å². The molecule has 0 bridgehead atoms. The number of aromatic nitrogens is 2. The van der Waals surface area contributed by atoms with Crippen LogP contribution in [0.25, 0.3) is 0 Å². The van der Waals surface area contributed by atoms with Gasteiger partial charge < -0.3 is 9.64 Å². The van der Waals surface area contributed by atoms with Gasteiger partial charge in [-0.1, -0.05) is 0 Å². The van der Waals surface area contributed by atoms with Crippen molar-refractivity contribution in [2.24, 2.45) is 0 Å². The molecule has 0 aromatic carbocycles. The fraction of sp³-hybridized carbons (Fsp3) is 0.667. The number of hydrogen-bond donors (Lipinski definition) is 0. The van der Waals surface area contributed by atoms with Gasteiger partial charge in [0.15, 0.2) is 0 Å². The minimum Gasteiger partial charge on any atom is -0.377 e. The summed E-state index contributed by atoms with van der Waals surface area (Å²) < 4.78 is 5.48. The van der Waals surface area contributed by atoms with Crippen molar-refractivity contribution in [2.75, 3.05) is 31.7 Å². The van der Waals surface area contributed by atoms with E-state index >= 15 is 0 Å². The lowest BCUT2D eigenvalue weighted by molar-refractivity contribution is 0.0984. The summed E-state index contributed by atoms with van der Waals surface area (Å²) in [5.74, 6) is 0.991. The largest absolute Gasteiger partial charge is 0.377 e. The molecule has 1 aromatic rings. The Bertz CT molecular complexity index is 468.